The summed E-state index contributed by atoms with van der Waals surface area (Å²) in [6.07, 6.45) is 6.42. The molecule has 0 aliphatic heterocycles. The number of rotatable bonds is 5. The van der Waals surface area contributed by atoms with Crippen molar-refractivity contribution in [1.29, 1.82) is 0 Å². The van der Waals surface area contributed by atoms with Gasteiger partial charge in [-0.2, -0.15) is 0 Å². The maximum Gasteiger partial charge on any atom is 0.307 e. The highest BCUT2D eigenvalue weighted by molar-refractivity contribution is 5.80. The fourth-order valence-electron chi connectivity index (χ4n) is 3.46. The van der Waals surface area contributed by atoms with E-state index in [-0.39, 0.29) is 18.2 Å². The number of fused-ring (bicyclic) bond motifs is 2. The second-order valence-electron chi connectivity index (χ2n) is 5.94. The summed E-state index contributed by atoms with van der Waals surface area (Å²) in [5.41, 5.74) is 1.64. The molecule has 0 saturated heterocycles. The molecule has 2 N–H and O–H groups in total. The van der Waals surface area contributed by atoms with Crippen LogP contribution in [0.25, 0.3) is 0 Å². The van der Waals surface area contributed by atoms with Crippen molar-refractivity contribution in [2.45, 2.75) is 25.8 Å². The Bertz CT molecular complexity index is 593. The predicted octanol–water partition coefficient (Wildman–Crippen LogP) is 2.14. The van der Waals surface area contributed by atoms with Gasteiger partial charge in [0.05, 0.1) is 6.42 Å². The van der Waals surface area contributed by atoms with Gasteiger partial charge in [0.25, 0.3) is 0 Å². The fraction of sp³-hybridized carbons (Fsp3) is 0.412. The summed E-state index contributed by atoms with van der Waals surface area (Å²) in [6, 6.07) is 7.37. The third-order valence-corrected chi connectivity index (χ3v) is 4.53. The van der Waals surface area contributed by atoms with E-state index in [2.05, 4.69) is 17.5 Å². The van der Waals surface area contributed by atoms with Gasteiger partial charge in [-0.25, -0.2) is 0 Å². The largest absolute Gasteiger partial charge is 0.481 e. The molecule has 110 valence electrons. The summed E-state index contributed by atoms with van der Waals surface area (Å²) in [4.78, 5) is 23.1. The highest BCUT2D eigenvalue weighted by atomic mass is 16.4. The molecule has 2 aliphatic rings. The number of allylic oxidation sites excluding steroid dienone is 2. The zero-order valence-electron chi connectivity index (χ0n) is 11.8. The first-order chi connectivity index (χ1) is 10.1. The van der Waals surface area contributed by atoms with Gasteiger partial charge in [0.2, 0.25) is 5.91 Å². The van der Waals surface area contributed by atoms with Gasteiger partial charge in [-0.05, 0) is 35.8 Å². The third kappa shape index (κ3) is 2.99. The van der Waals surface area contributed by atoms with E-state index in [0.717, 1.165) is 24.0 Å². The van der Waals surface area contributed by atoms with Crippen LogP contribution >= 0.6 is 0 Å². The summed E-state index contributed by atoms with van der Waals surface area (Å²) < 4.78 is 0. The Morgan fingerprint density at radius 3 is 2.52 bits per heavy atom. The van der Waals surface area contributed by atoms with Gasteiger partial charge < -0.3 is 10.4 Å². The molecule has 1 aromatic rings. The van der Waals surface area contributed by atoms with Gasteiger partial charge in [-0.15, -0.1) is 0 Å². The first-order valence-electron chi connectivity index (χ1n) is 7.38. The van der Waals surface area contributed by atoms with E-state index in [1.807, 2.05) is 18.2 Å². The highest BCUT2D eigenvalue weighted by Crippen LogP contribution is 2.43. The molecule has 0 radical (unpaired) electrons. The molecule has 0 heterocycles. The van der Waals surface area contributed by atoms with Crippen molar-refractivity contribution in [2.75, 3.05) is 0 Å². The molecule has 3 unspecified atom stereocenters. The van der Waals surface area contributed by atoms with E-state index in [1.54, 1.807) is 6.07 Å². The number of benzene rings is 1. The minimum absolute atomic E-state index is 0.0110. The van der Waals surface area contributed by atoms with Gasteiger partial charge >= 0.3 is 5.97 Å². The highest BCUT2D eigenvalue weighted by Gasteiger charge is 2.39. The lowest BCUT2D eigenvalue weighted by atomic mass is 9.92. The molecule has 1 amide bonds. The topological polar surface area (TPSA) is 66.4 Å². The van der Waals surface area contributed by atoms with E-state index in [1.165, 1.54) is 0 Å². The summed E-state index contributed by atoms with van der Waals surface area (Å²) in [5.74, 6) is 0.296. The number of amides is 1. The first kappa shape index (κ1) is 13.9. The molecule has 21 heavy (non-hydrogen) atoms. The summed E-state index contributed by atoms with van der Waals surface area (Å²) in [5, 5.41) is 11.9. The second kappa shape index (κ2) is 5.72. The van der Waals surface area contributed by atoms with Crippen LogP contribution in [-0.4, -0.2) is 17.0 Å². The molecule has 3 atom stereocenters. The van der Waals surface area contributed by atoms with Crippen LogP contribution in [0, 0.1) is 17.8 Å². The second-order valence-corrected chi connectivity index (χ2v) is 5.94. The number of hydrogen-bond acceptors (Lipinski definition) is 2. The molecule has 0 spiro atoms. The van der Waals surface area contributed by atoms with Crippen molar-refractivity contribution in [3.63, 3.8) is 0 Å². The summed E-state index contributed by atoms with van der Waals surface area (Å²) >= 11 is 0. The minimum Gasteiger partial charge on any atom is -0.481 e. The van der Waals surface area contributed by atoms with E-state index < -0.39 is 5.97 Å². The van der Waals surface area contributed by atoms with Crippen LogP contribution in [0.3, 0.4) is 0 Å². The molecule has 1 saturated carbocycles. The normalized spacial score (nSPS) is 26.0. The maximum absolute atomic E-state index is 12.3. The molecule has 1 aromatic carbocycles. The van der Waals surface area contributed by atoms with E-state index in [4.69, 9.17) is 5.11 Å². The Hall–Kier alpha value is -2.10. The van der Waals surface area contributed by atoms with Crippen molar-refractivity contribution < 1.29 is 14.7 Å². The minimum atomic E-state index is -0.855. The van der Waals surface area contributed by atoms with Gasteiger partial charge in [0.15, 0.2) is 0 Å². The van der Waals surface area contributed by atoms with Crippen molar-refractivity contribution >= 4 is 11.9 Å². The molecule has 2 bridgehead atoms. The van der Waals surface area contributed by atoms with Gasteiger partial charge in [0, 0.05) is 12.5 Å². The number of nitrogens with one attached hydrogen (secondary N) is 1. The maximum atomic E-state index is 12.3. The zero-order valence-corrected chi connectivity index (χ0v) is 11.8. The van der Waals surface area contributed by atoms with Crippen molar-refractivity contribution in [1.82, 2.24) is 5.32 Å². The van der Waals surface area contributed by atoms with Crippen LogP contribution in [0.5, 0.6) is 0 Å². The Morgan fingerprint density at radius 1 is 1.14 bits per heavy atom. The number of carboxylic acids is 1. The van der Waals surface area contributed by atoms with Crippen LogP contribution in [0.4, 0.5) is 0 Å². The molecular formula is C17H19NO3. The molecule has 4 heteroatoms. The van der Waals surface area contributed by atoms with Crippen LogP contribution in [0.1, 0.15) is 24.0 Å². The smallest absolute Gasteiger partial charge is 0.307 e. The summed E-state index contributed by atoms with van der Waals surface area (Å²) in [6.45, 7) is 0.403. The number of aliphatic carboxylic acids is 1. The van der Waals surface area contributed by atoms with E-state index >= 15 is 0 Å². The Kier molecular flexibility index (Phi) is 3.78. The van der Waals surface area contributed by atoms with Crippen molar-refractivity contribution in [2.24, 2.45) is 17.8 Å². The molecule has 3 rings (SSSR count). The fourth-order valence-corrected chi connectivity index (χ4v) is 3.46. The quantitative estimate of drug-likeness (QED) is 0.815. The lowest BCUT2D eigenvalue weighted by Gasteiger charge is -2.18. The SMILES string of the molecule is O=C(O)Cc1ccccc1CNC(=O)C1CC2C=CC1C2. The van der Waals surface area contributed by atoms with Crippen molar-refractivity contribution in [3.05, 3.63) is 47.5 Å². The predicted molar refractivity (Wildman–Crippen MR) is 78.5 cm³/mol. The van der Waals surface area contributed by atoms with Crippen LogP contribution in [0.15, 0.2) is 36.4 Å². The first-order valence-corrected chi connectivity index (χ1v) is 7.38. The molecule has 2 aliphatic carbocycles. The standard InChI is InChI=1S/C17H19NO3/c19-16(20)9-12-3-1-2-4-14(12)10-18-17(21)15-8-11-5-6-13(15)7-11/h1-6,11,13,15H,7-10H2,(H,18,21)(H,19,20). The number of carboxylic acid groups (broad SMARTS) is 1. The average molecular weight is 285 g/mol. The Morgan fingerprint density at radius 2 is 1.90 bits per heavy atom. The summed E-state index contributed by atoms with van der Waals surface area (Å²) in [7, 11) is 0. The average Bonchev–Trinajstić information content (AvgIpc) is 3.08. The van der Waals surface area contributed by atoms with Gasteiger partial charge in [-0.1, -0.05) is 36.4 Å². The molecule has 4 nitrogen and oxygen atoms in total. The number of carbonyl (C=O) groups is 2. The number of carbonyl (C=O) groups excluding carboxylic acids is 1. The Labute approximate surface area is 123 Å². The van der Waals surface area contributed by atoms with Gasteiger partial charge in [0.1, 0.15) is 0 Å². The number of hydrogen-bond donors (Lipinski definition) is 2. The van der Waals surface area contributed by atoms with E-state index in [9.17, 15) is 9.59 Å². The van der Waals surface area contributed by atoms with Crippen LogP contribution in [-0.2, 0) is 22.6 Å². The van der Waals surface area contributed by atoms with Crippen LogP contribution in [0.2, 0.25) is 0 Å². The van der Waals surface area contributed by atoms with E-state index in [0.29, 0.717) is 18.4 Å². The Balaban J connectivity index is 1.61. The van der Waals surface area contributed by atoms with Gasteiger partial charge in [-0.3, -0.25) is 9.59 Å². The molecular weight excluding hydrogens is 266 g/mol. The lowest BCUT2D eigenvalue weighted by molar-refractivity contribution is -0.136. The lowest BCUT2D eigenvalue weighted by Crippen LogP contribution is -2.32. The van der Waals surface area contributed by atoms with Crippen molar-refractivity contribution in [3.8, 4) is 0 Å². The third-order valence-electron chi connectivity index (χ3n) is 4.53. The van der Waals surface area contributed by atoms with Crippen LogP contribution < -0.4 is 5.32 Å². The monoisotopic (exact) mass is 285 g/mol. The zero-order chi connectivity index (χ0) is 14.8. The molecule has 1 fully saturated rings. The molecule has 0 aromatic heterocycles.